The van der Waals surface area contributed by atoms with Gasteiger partial charge in [-0.25, -0.2) is 0 Å². The molecule has 1 rings (SSSR count). The SMILES string of the molecule is FC(F)Oc1c(Cl)ccc(Cl)c1I. The lowest BCUT2D eigenvalue weighted by molar-refractivity contribution is -0.0503. The van der Waals surface area contributed by atoms with Crippen molar-refractivity contribution in [2.75, 3.05) is 0 Å². The Kier molecular flexibility index (Phi) is 4.00. The standard InChI is InChI=1S/C7H3Cl2F2IO/c8-3-1-2-4(9)6(5(3)12)13-7(10)11/h1-2,7H. The molecular formula is C7H3Cl2F2IO. The summed E-state index contributed by atoms with van der Waals surface area (Å²) in [4.78, 5) is 0. The molecule has 1 aromatic carbocycles. The van der Waals surface area contributed by atoms with Gasteiger partial charge in [0.1, 0.15) is 0 Å². The van der Waals surface area contributed by atoms with Crippen LogP contribution in [0.2, 0.25) is 10.0 Å². The van der Waals surface area contributed by atoms with Crippen LogP contribution in [-0.2, 0) is 0 Å². The minimum Gasteiger partial charge on any atom is -0.432 e. The summed E-state index contributed by atoms with van der Waals surface area (Å²) < 4.78 is 28.4. The third-order valence-electron chi connectivity index (χ3n) is 1.21. The molecule has 0 aliphatic carbocycles. The van der Waals surface area contributed by atoms with Crippen LogP contribution in [0.25, 0.3) is 0 Å². The Balaban J connectivity index is 3.10. The van der Waals surface area contributed by atoms with Crippen LogP contribution in [0.1, 0.15) is 0 Å². The average molecular weight is 339 g/mol. The van der Waals surface area contributed by atoms with Crippen LogP contribution in [0, 0.1) is 3.57 Å². The lowest BCUT2D eigenvalue weighted by Crippen LogP contribution is -2.04. The molecule has 0 atom stereocenters. The molecule has 0 aliphatic rings. The predicted molar refractivity (Wildman–Crippen MR) is 55.8 cm³/mol. The molecule has 0 aromatic heterocycles. The summed E-state index contributed by atoms with van der Waals surface area (Å²) in [5.74, 6) is -0.0789. The highest BCUT2D eigenvalue weighted by atomic mass is 127. The third kappa shape index (κ3) is 2.82. The van der Waals surface area contributed by atoms with E-state index < -0.39 is 6.61 Å². The molecule has 0 unspecified atom stereocenters. The quantitative estimate of drug-likeness (QED) is 0.580. The zero-order chi connectivity index (χ0) is 10.0. The predicted octanol–water partition coefficient (Wildman–Crippen LogP) is 4.20. The summed E-state index contributed by atoms with van der Waals surface area (Å²) in [6.07, 6.45) is 0. The molecule has 1 aromatic rings. The lowest BCUT2D eigenvalue weighted by Gasteiger charge is -2.09. The molecule has 0 radical (unpaired) electrons. The van der Waals surface area contributed by atoms with Crippen LogP contribution in [0.15, 0.2) is 12.1 Å². The first-order valence-electron chi connectivity index (χ1n) is 3.10. The van der Waals surface area contributed by atoms with E-state index in [1.807, 2.05) is 0 Å². The maximum Gasteiger partial charge on any atom is 0.387 e. The van der Waals surface area contributed by atoms with Crippen molar-refractivity contribution < 1.29 is 13.5 Å². The van der Waals surface area contributed by atoms with E-state index >= 15 is 0 Å². The molecule has 13 heavy (non-hydrogen) atoms. The largest absolute Gasteiger partial charge is 0.432 e. The summed E-state index contributed by atoms with van der Waals surface area (Å²) in [6, 6.07) is 2.92. The number of benzene rings is 1. The first-order valence-corrected chi connectivity index (χ1v) is 4.94. The van der Waals surface area contributed by atoms with E-state index in [1.165, 1.54) is 12.1 Å². The van der Waals surface area contributed by atoms with Crippen molar-refractivity contribution in [3.05, 3.63) is 25.7 Å². The molecule has 0 heterocycles. The van der Waals surface area contributed by atoms with E-state index in [2.05, 4.69) is 4.74 Å². The Morgan fingerprint density at radius 2 is 1.77 bits per heavy atom. The second-order valence-electron chi connectivity index (χ2n) is 2.05. The summed E-state index contributed by atoms with van der Waals surface area (Å²) in [7, 11) is 0. The molecule has 0 spiro atoms. The van der Waals surface area contributed by atoms with Gasteiger partial charge in [-0.15, -0.1) is 0 Å². The van der Waals surface area contributed by atoms with Crippen LogP contribution in [-0.4, -0.2) is 6.61 Å². The molecule has 0 fully saturated rings. The van der Waals surface area contributed by atoms with Crippen LogP contribution in [0.5, 0.6) is 5.75 Å². The van der Waals surface area contributed by atoms with Crippen LogP contribution < -0.4 is 4.74 Å². The van der Waals surface area contributed by atoms with Crippen LogP contribution in [0.3, 0.4) is 0 Å². The van der Waals surface area contributed by atoms with Gasteiger partial charge in [-0.2, -0.15) is 8.78 Å². The Morgan fingerprint density at radius 3 is 2.31 bits per heavy atom. The molecule has 0 N–H and O–H groups in total. The number of hydrogen-bond acceptors (Lipinski definition) is 1. The normalized spacial score (nSPS) is 10.6. The van der Waals surface area contributed by atoms with Crippen molar-refractivity contribution in [1.29, 1.82) is 0 Å². The maximum atomic E-state index is 11.9. The third-order valence-corrected chi connectivity index (χ3v) is 3.21. The Bertz CT molecular complexity index is 320. The van der Waals surface area contributed by atoms with Crippen molar-refractivity contribution in [1.82, 2.24) is 0 Å². The lowest BCUT2D eigenvalue weighted by atomic mass is 10.3. The Labute approximate surface area is 97.1 Å². The summed E-state index contributed by atoms with van der Waals surface area (Å²) >= 11 is 13.1. The van der Waals surface area contributed by atoms with E-state index in [9.17, 15) is 8.78 Å². The Hall–Kier alpha value is 0.190. The van der Waals surface area contributed by atoms with Gasteiger partial charge in [0, 0.05) is 0 Å². The number of ether oxygens (including phenoxy) is 1. The Morgan fingerprint density at radius 1 is 1.23 bits per heavy atom. The second kappa shape index (κ2) is 4.61. The van der Waals surface area contributed by atoms with E-state index in [0.29, 0.717) is 8.59 Å². The summed E-state index contributed by atoms with van der Waals surface area (Å²) in [6.45, 7) is -2.90. The molecule has 0 saturated heterocycles. The molecule has 0 saturated carbocycles. The van der Waals surface area contributed by atoms with Crippen molar-refractivity contribution in [2.45, 2.75) is 6.61 Å². The van der Waals surface area contributed by atoms with Gasteiger partial charge in [0.25, 0.3) is 0 Å². The van der Waals surface area contributed by atoms with Gasteiger partial charge in [0.2, 0.25) is 0 Å². The monoisotopic (exact) mass is 338 g/mol. The molecule has 1 nitrogen and oxygen atoms in total. The second-order valence-corrected chi connectivity index (χ2v) is 3.94. The van der Waals surface area contributed by atoms with Crippen LogP contribution >= 0.6 is 45.8 Å². The number of rotatable bonds is 2. The molecule has 72 valence electrons. The van der Waals surface area contributed by atoms with Crippen molar-refractivity contribution in [3.63, 3.8) is 0 Å². The van der Waals surface area contributed by atoms with Crippen molar-refractivity contribution in [2.24, 2.45) is 0 Å². The first-order chi connectivity index (χ1) is 6.02. The molecule has 0 amide bonds. The van der Waals surface area contributed by atoms with Gasteiger partial charge >= 0.3 is 6.61 Å². The van der Waals surface area contributed by atoms with Gasteiger partial charge in [-0.05, 0) is 34.7 Å². The van der Waals surface area contributed by atoms with E-state index in [4.69, 9.17) is 23.2 Å². The van der Waals surface area contributed by atoms with Crippen molar-refractivity contribution >= 4 is 45.8 Å². The van der Waals surface area contributed by atoms with Gasteiger partial charge in [0.15, 0.2) is 5.75 Å². The fourth-order valence-electron chi connectivity index (χ4n) is 0.706. The number of alkyl halides is 2. The van der Waals surface area contributed by atoms with Gasteiger partial charge in [0.05, 0.1) is 13.6 Å². The highest BCUT2D eigenvalue weighted by Gasteiger charge is 2.14. The van der Waals surface area contributed by atoms with Gasteiger partial charge in [-0.1, -0.05) is 23.2 Å². The summed E-state index contributed by atoms with van der Waals surface area (Å²) in [5.41, 5.74) is 0. The molecular weight excluding hydrogens is 336 g/mol. The average Bonchev–Trinajstić information content (AvgIpc) is 2.05. The van der Waals surface area contributed by atoms with Crippen molar-refractivity contribution in [3.8, 4) is 5.75 Å². The highest BCUT2D eigenvalue weighted by molar-refractivity contribution is 14.1. The van der Waals surface area contributed by atoms with E-state index in [1.54, 1.807) is 22.6 Å². The van der Waals surface area contributed by atoms with E-state index in [-0.39, 0.29) is 10.8 Å². The van der Waals surface area contributed by atoms with Crippen LogP contribution in [0.4, 0.5) is 8.78 Å². The number of halogens is 5. The van der Waals surface area contributed by atoms with Gasteiger partial charge < -0.3 is 4.74 Å². The summed E-state index contributed by atoms with van der Waals surface area (Å²) in [5, 5.41) is 0.453. The molecule has 6 heteroatoms. The highest BCUT2D eigenvalue weighted by Crippen LogP contribution is 2.35. The topological polar surface area (TPSA) is 9.23 Å². The minimum atomic E-state index is -2.90. The van der Waals surface area contributed by atoms with E-state index in [0.717, 1.165) is 0 Å². The number of hydrogen-bond donors (Lipinski definition) is 0. The molecule has 0 aliphatic heterocycles. The molecule has 0 bridgehead atoms. The smallest absolute Gasteiger partial charge is 0.387 e. The zero-order valence-corrected chi connectivity index (χ0v) is 9.70. The first kappa shape index (κ1) is 11.3. The zero-order valence-electron chi connectivity index (χ0n) is 6.03. The van der Waals surface area contributed by atoms with Gasteiger partial charge in [-0.3, -0.25) is 0 Å². The maximum absolute atomic E-state index is 11.9. The fourth-order valence-corrected chi connectivity index (χ4v) is 1.81. The fraction of sp³-hybridized carbons (Fsp3) is 0.143. The minimum absolute atomic E-state index is 0.0789.